The number of benzene rings is 2. The van der Waals surface area contributed by atoms with E-state index in [1.807, 2.05) is 37.4 Å². The average Bonchev–Trinajstić information content (AvgIpc) is 3.33. The third-order valence-electron chi connectivity index (χ3n) is 5.14. The minimum atomic E-state index is -0.352. The van der Waals surface area contributed by atoms with Crippen LogP contribution < -0.4 is 5.32 Å². The summed E-state index contributed by atoms with van der Waals surface area (Å²) in [7, 11) is 2.05. The summed E-state index contributed by atoms with van der Waals surface area (Å²) < 4.78 is 17.9. The smallest absolute Gasteiger partial charge is 0.188 e. The Morgan fingerprint density at radius 3 is 2.67 bits per heavy atom. The van der Waals surface area contributed by atoms with E-state index >= 15 is 0 Å². The van der Waals surface area contributed by atoms with Crippen LogP contribution in [0.1, 0.15) is 12.2 Å². The van der Waals surface area contributed by atoms with Gasteiger partial charge in [0.15, 0.2) is 11.5 Å². The number of fused-ring (bicyclic) bond motifs is 2. The van der Waals surface area contributed by atoms with Crippen LogP contribution in [0.25, 0.3) is 28.1 Å². The summed E-state index contributed by atoms with van der Waals surface area (Å²) in [6.07, 6.45) is 1.76. The SMILES string of the molecule is Cn1c(CCCNc2ccc3nnc(-c4ccccc4F)n3n2)nc2ccccc21. The van der Waals surface area contributed by atoms with Gasteiger partial charge in [-0.2, -0.15) is 4.52 Å². The molecule has 0 bridgehead atoms. The normalized spacial score (nSPS) is 11.4. The van der Waals surface area contributed by atoms with E-state index in [1.165, 1.54) is 6.07 Å². The highest BCUT2D eigenvalue weighted by Gasteiger charge is 2.13. The molecule has 0 unspecified atom stereocenters. The molecule has 0 radical (unpaired) electrons. The van der Waals surface area contributed by atoms with Crippen LogP contribution >= 0.6 is 0 Å². The van der Waals surface area contributed by atoms with E-state index in [1.54, 1.807) is 22.7 Å². The molecule has 0 amide bonds. The number of hydrogen-bond donors (Lipinski definition) is 1. The van der Waals surface area contributed by atoms with Crippen LogP contribution in [0, 0.1) is 5.82 Å². The predicted molar refractivity (Wildman–Crippen MR) is 114 cm³/mol. The molecule has 3 aromatic heterocycles. The van der Waals surface area contributed by atoms with Crippen LogP contribution in [0.5, 0.6) is 0 Å². The zero-order valence-electron chi connectivity index (χ0n) is 16.5. The second-order valence-electron chi connectivity index (χ2n) is 7.10. The van der Waals surface area contributed by atoms with Crippen LogP contribution in [0.4, 0.5) is 10.2 Å². The second-order valence-corrected chi connectivity index (χ2v) is 7.10. The first-order valence-electron chi connectivity index (χ1n) is 9.82. The van der Waals surface area contributed by atoms with Crippen molar-refractivity contribution >= 4 is 22.5 Å². The largest absolute Gasteiger partial charge is 0.369 e. The molecule has 2 aromatic carbocycles. The fraction of sp³-hybridized carbons (Fsp3) is 0.182. The van der Waals surface area contributed by atoms with Gasteiger partial charge in [0.2, 0.25) is 0 Å². The van der Waals surface area contributed by atoms with Gasteiger partial charge in [-0.3, -0.25) is 0 Å². The van der Waals surface area contributed by atoms with Gasteiger partial charge in [0, 0.05) is 20.0 Å². The van der Waals surface area contributed by atoms with Crippen molar-refractivity contribution in [2.24, 2.45) is 7.05 Å². The number of para-hydroxylation sites is 2. The first-order valence-corrected chi connectivity index (χ1v) is 9.82. The maximum absolute atomic E-state index is 14.2. The lowest BCUT2D eigenvalue weighted by Crippen LogP contribution is -2.08. The predicted octanol–water partition coefficient (Wildman–Crippen LogP) is 3.86. The highest BCUT2D eigenvalue weighted by atomic mass is 19.1. The van der Waals surface area contributed by atoms with Crippen molar-refractivity contribution in [2.75, 3.05) is 11.9 Å². The number of aryl methyl sites for hydroxylation is 2. The Morgan fingerprint density at radius 1 is 0.967 bits per heavy atom. The number of rotatable bonds is 6. The molecule has 0 aliphatic carbocycles. The standard InChI is InChI=1S/C22H20FN7/c1-29-18-10-5-4-9-17(18)25-20(29)11-6-14-24-19-12-13-21-26-27-22(30(21)28-19)15-7-2-3-8-16(15)23/h2-5,7-10,12-13H,6,11,14H2,1H3,(H,24,28). The van der Waals surface area contributed by atoms with E-state index in [0.29, 0.717) is 22.9 Å². The van der Waals surface area contributed by atoms with E-state index < -0.39 is 0 Å². The molecular weight excluding hydrogens is 381 g/mol. The van der Waals surface area contributed by atoms with Crippen molar-refractivity contribution in [1.29, 1.82) is 0 Å². The van der Waals surface area contributed by atoms with E-state index in [0.717, 1.165) is 36.2 Å². The first-order chi connectivity index (χ1) is 14.7. The third-order valence-corrected chi connectivity index (χ3v) is 5.14. The summed E-state index contributed by atoms with van der Waals surface area (Å²) in [6, 6.07) is 18.3. The van der Waals surface area contributed by atoms with Gasteiger partial charge in [-0.05, 0) is 42.8 Å². The van der Waals surface area contributed by atoms with E-state index in [4.69, 9.17) is 4.98 Å². The fourth-order valence-electron chi connectivity index (χ4n) is 3.58. The van der Waals surface area contributed by atoms with Gasteiger partial charge in [-0.25, -0.2) is 9.37 Å². The summed E-state index contributed by atoms with van der Waals surface area (Å²) >= 11 is 0. The quantitative estimate of drug-likeness (QED) is 0.438. The number of aromatic nitrogens is 6. The molecule has 0 saturated heterocycles. The molecule has 7 nitrogen and oxygen atoms in total. The first kappa shape index (κ1) is 18.2. The van der Waals surface area contributed by atoms with Crippen molar-refractivity contribution in [3.05, 3.63) is 72.3 Å². The van der Waals surface area contributed by atoms with Crippen molar-refractivity contribution in [3.63, 3.8) is 0 Å². The van der Waals surface area contributed by atoms with Gasteiger partial charge in [0.1, 0.15) is 17.5 Å². The number of halogens is 1. The van der Waals surface area contributed by atoms with Gasteiger partial charge < -0.3 is 9.88 Å². The molecule has 8 heteroatoms. The monoisotopic (exact) mass is 401 g/mol. The number of anilines is 1. The maximum atomic E-state index is 14.2. The maximum Gasteiger partial charge on any atom is 0.188 e. The van der Waals surface area contributed by atoms with Crippen LogP contribution in [0.3, 0.4) is 0 Å². The molecule has 0 aliphatic heterocycles. The van der Waals surface area contributed by atoms with Gasteiger partial charge in [0.25, 0.3) is 0 Å². The van der Waals surface area contributed by atoms with Gasteiger partial charge in [-0.1, -0.05) is 24.3 Å². The van der Waals surface area contributed by atoms with Crippen LogP contribution in [0.15, 0.2) is 60.7 Å². The Morgan fingerprint density at radius 2 is 1.80 bits per heavy atom. The van der Waals surface area contributed by atoms with Gasteiger partial charge in [0.05, 0.1) is 16.6 Å². The topological polar surface area (TPSA) is 72.9 Å². The van der Waals surface area contributed by atoms with Gasteiger partial charge >= 0.3 is 0 Å². The second kappa shape index (κ2) is 7.55. The highest BCUT2D eigenvalue weighted by Crippen LogP contribution is 2.21. The zero-order chi connectivity index (χ0) is 20.5. The minimum absolute atomic E-state index is 0.352. The Kier molecular flexibility index (Phi) is 4.59. The molecule has 0 saturated carbocycles. The molecular formula is C22H20FN7. The van der Waals surface area contributed by atoms with Crippen molar-refractivity contribution in [1.82, 2.24) is 29.4 Å². The zero-order valence-corrected chi connectivity index (χ0v) is 16.5. The highest BCUT2D eigenvalue weighted by molar-refractivity contribution is 5.75. The number of nitrogens with zero attached hydrogens (tertiary/aromatic N) is 6. The number of hydrogen-bond acceptors (Lipinski definition) is 5. The molecule has 5 aromatic rings. The molecule has 0 atom stereocenters. The molecule has 3 heterocycles. The van der Waals surface area contributed by atoms with Crippen molar-refractivity contribution < 1.29 is 4.39 Å². The summed E-state index contributed by atoms with van der Waals surface area (Å²) in [6.45, 7) is 0.735. The molecule has 0 spiro atoms. The average molecular weight is 401 g/mol. The van der Waals surface area contributed by atoms with E-state index in [2.05, 4.69) is 31.2 Å². The van der Waals surface area contributed by atoms with Crippen LogP contribution in [-0.4, -0.2) is 35.9 Å². The van der Waals surface area contributed by atoms with Crippen molar-refractivity contribution in [3.8, 4) is 11.4 Å². The molecule has 0 fully saturated rings. The van der Waals surface area contributed by atoms with E-state index in [9.17, 15) is 4.39 Å². The Labute approximate surface area is 172 Å². The Bertz CT molecular complexity index is 1340. The fourth-order valence-corrected chi connectivity index (χ4v) is 3.58. The summed E-state index contributed by atoms with van der Waals surface area (Å²) in [4.78, 5) is 4.71. The number of imidazole rings is 1. The van der Waals surface area contributed by atoms with E-state index in [-0.39, 0.29) is 5.82 Å². The Hall–Kier alpha value is -3.81. The molecule has 30 heavy (non-hydrogen) atoms. The molecule has 1 N–H and O–H groups in total. The lowest BCUT2D eigenvalue weighted by molar-refractivity contribution is 0.629. The molecule has 0 aliphatic rings. The lowest BCUT2D eigenvalue weighted by Gasteiger charge is -2.07. The summed E-state index contributed by atoms with van der Waals surface area (Å²) in [5.41, 5.74) is 3.10. The molecule has 5 rings (SSSR count). The van der Waals surface area contributed by atoms with Crippen molar-refractivity contribution in [2.45, 2.75) is 12.8 Å². The summed E-state index contributed by atoms with van der Waals surface area (Å²) in [5, 5.41) is 16.1. The van der Waals surface area contributed by atoms with Crippen LogP contribution in [0.2, 0.25) is 0 Å². The number of nitrogens with one attached hydrogen (secondary N) is 1. The lowest BCUT2D eigenvalue weighted by atomic mass is 10.2. The van der Waals surface area contributed by atoms with Crippen LogP contribution in [-0.2, 0) is 13.5 Å². The minimum Gasteiger partial charge on any atom is -0.369 e. The molecule has 150 valence electrons. The van der Waals surface area contributed by atoms with Gasteiger partial charge in [-0.15, -0.1) is 15.3 Å². The Balaban J connectivity index is 1.29. The third kappa shape index (κ3) is 3.26. The summed E-state index contributed by atoms with van der Waals surface area (Å²) in [5.74, 6) is 1.77.